The number of fused-ring (bicyclic) bond motifs is 1. The van der Waals surface area contributed by atoms with Crippen molar-refractivity contribution in [2.75, 3.05) is 18.0 Å². The van der Waals surface area contributed by atoms with E-state index in [1.807, 2.05) is 0 Å². The van der Waals surface area contributed by atoms with Gasteiger partial charge in [0.15, 0.2) is 5.13 Å². The lowest BCUT2D eigenvalue weighted by molar-refractivity contribution is -0.274. The van der Waals surface area contributed by atoms with E-state index in [9.17, 15) is 18.0 Å². The minimum Gasteiger partial charge on any atom is -0.481 e. The molecule has 0 atom stereocenters. The average Bonchev–Trinajstić information content (AvgIpc) is 2.66. The van der Waals surface area contributed by atoms with Crippen LogP contribution in [0.1, 0.15) is 0 Å². The molecule has 0 bridgehead atoms. The fourth-order valence-electron chi connectivity index (χ4n) is 2.02. The highest BCUT2D eigenvalue weighted by molar-refractivity contribution is 7.22. The molecule has 1 aromatic carbocycles. The number of carbonyl (C=O) groups is 1. The Balaban J connectivity index is 1.79. The summed E-state index contributed by atoms with van der Waals surface area (Å²) < 4.78 is 40.9. The Morgan fingerprint density at radius 2 is 2.14 bits per heavy atom. The Labute approximate surface area is 120 Å². The highest BCUT2D eigenvalue weighted by atomic mass is 32.1. The fourth-order valence-corrected chi connectivity index (χ4v) is 3.03. The van der Waals surface area contributed by atoms with Gasteiger partial charge in [-0.05, 0) is 12.1 Å². The standard InChI is InChI=1S/C12H9F3N2O3S/c13-12(14,15)20-7-1-2-8-9(3-7)21-11(16-8)17-4-6(5-17)10(18)19/h1-3,6H,4-5H2,(H,18,19). The average molecular weight is 318 g/mol. The topological polar surface area (TPSA) is 62.7 Å². The van der Waals surface area contributed by atoms with Gasteiger partial charge >= 0.3 is 12.3 Å². The molecular formula is C12H9F3N2O3S. The molecule has 1 saturated heterocycles. The smallest absolute Gasteiger partial charge is 0.481 e. The second kappa shape index (κ2) is 4.76. The van der Waals surface area contributed by atoms with Gasteiger partial charge in [0.05, 0.1) is 16.1 Å². The van der Waals surface area contributed by atoms with Crippen molar-refractivity contribution in [1.29, 1.82) is 0 Å². The number of rotatable bonds is 3. The number of nitrogens with zero attached hydrogens (tertiary/aromatic N) is 2. The molecule has 2 heterocycles. The SMILES string of the molecule is O=C(O)C1CN(c2nc3ccc(OC(F)(F)F)cc3s2)C1. The van der Waals surface area contributed by atoms with Gasteiger partial charge in [-0.15, -0.1) is 13.2 Å². The number of aromatic nitrogens is 1. The predicted molar refractivity (Wildman–Crippen MR) is 69.6 cm³/mol. The second-order valence-electron chi connectivity index (χ2n) is 4.61. The number of halogens is 3. The van der Waals surface area contributed by atoms with Crippen molar-refractivity contribution in [3.63, 3.8) is 0 Å². The minimum atomic E-state index is -4.73. The zero-order chi connectivity index (χ0) is 15.2. The van der Waals surface area contributed by atoms with Crippen LogP contribution in [0.2, 0.25) is 0 Å². The maximum absolute atomic E-state index is 12.2. The zero-order valence-corrected chi connectivity index (χ0v) is 11.2. The molecule has 0 amide bonds. The summed E-state index contributed by atoms with van der Waals surface area (Å²) in [5.74, 6) is -1.56. The van der Waals surface area contributed by atoms with Gasteiger partial charge in [0.1, 0.15) is 5.75 Å². The van der Waals surface area contributed by atoms with E-state index in [-0.39, 0.29) is 5.75 Å². The maximum Gasteiger partial charge on any atom is 0.573 e. The lowest BCUT2D eigenvalue weighted by atomic mass is 10.0. The number of anilines is 1. The first-order chi connectivity index (χ1) is 9.82. The Kier molecular flexibility index (Phi) is 3.16. The number of carboxylic acid groups (broad SMARTS) is 1. The van der Waals surface area contributed by atoms with E-state index in [1.165, 1.54) is 29.5 Å². The van der Waals surface area contributed by atoms with Gasteiger partial charge in [-0.2, -0.15) is 0 Å². The van der Waals surface area contributed by atoms with E-state index in [2.05, 4.69) is 9.72 Å². The number of carboxylic acids is 1. The summed E-state index contributed by atoms with van der Waals surface area (Å²) in [6, 6.07) is 3.93. The third-order valence-corrected chi connectivity index (χ3v) is 4.16. The van der Waals surface area contributed by atoms with Crippen LogP contribution >= 0.6 is 11.3 Å². The highest BCUT2D eigenvalue weighted by Crippen LogP contribution is 2.35. The van der Waals surface area contributed by atoms with Gasteiger partial charge in [0.2, 0.25) is 0 Å². The molecule has 5 nitrogen and oxygen atoms in total. The Morgan fingerprint density at radius 1 is 1.43 bits per heavy atom. The van der Waals surface area contributed by atoms with Gasteiger partial charge in [-0.1, -0.05) is 11.3 Å². The molecule has 3 rings (SSSR count). The third kappa shape index (κ3) is 2.87. The molecule has 0 aliphatic carbocycles. The molecule has 1 aliphatic heterocycles. The van der Waals surface area contributed by atoms with Gasteiger partial charge in [0.25, 0.3) is 0 Å². The van der Waals surface area contributed by atoms with Crippen LogP contribution in [0.25, 0.3) is 10.2 Å². The van der Waals surface area contributed by atoms with E-state index in [0.29, 0.717) is 28.4 Å². The fraction of sp³-hybridized carbons (Fsp3) is 0.333. The largest absolute Gasteiger partial charge is 0.573 e. The van der Waals surface area contributed by atoms with Gasteiger partial charge < -0.3 is 14.7 Å². The van der Waals surface area contributed by atoms with Crippen molar-refractivity contribution in [3.8, 4) is 5.75 Å². The van der Waals surface area contributed by atoms with E-state index < -0.39 is 18.2 Å². The highest BCUT2D eigenvalue weighted by Gasteiger charge is 2.34. The quantitative estimate of drug-likeness (QED) is 0.943. The number of ether oxygens (including phenoxy) is 1. The van der Waals surface area contributed by atoms with E-state index in [1.54, 1.807) is 4.90 Å². The van der Waals surface area contributed by atoms with Crippen LogP contribution in [0.5, 0.6) is 5.75 Å². The molecule has 0 spiro atoms. The summed E-state index contributed by atoms with van der Waals surface area (Å²) in [6.45, 7) is 0.724. The minimum absolute atomic E-state index is 0.294. The molecule has 0 saturated carbocycles. The number of thiazole rings is 1. The Hall–Kier alpha value is -2.03. The van der Waals surface area contributed by atoms with E-state index in [0.717, 1.165) is 0 Å². The van der Waals surface area contributed by atoms with Gasteiger partial charge in [0, 0.05) is 19.2 Å². The summed E-state index contributed by atoms with van der Waals surface area (Å²) in [7, 11) is 0. The van der Waals surface area contributed by atoms with E-state index in [4.69, 9.17) is 5.11 Å². The lowest BCUT2D eigenvalue weighted by Gasteiger charge is -2.36. The number of hydrogen-bond donors (Lipinski definition) is 1. The Morgan fingerprint density at radius 3 is 2.76 bits per heavy atom. The molecule has 0 radical (unpaired) electrons. The molecule has 1 fully saturated rings. The van der Waals surface area contributed by atoms with Crippen LogP contribution in [0.15, 0.2) is 18.2 Å². The third-order valence-electron chi connectivity index (χ3n) is 3.08. The number of benzene rings is 1. The van der Waals surface area contributed by atoms with Crippen LogP contribution in [0.3, 0.4) is 0 Å². The Bertz CT molecular complexity index is 695. The molecule has 0 unspecified atom stereocenters. The van der Waals surface area contributed by atoms with Crippen LogP contribution < -0.4 is 9.64 Å². The first-order valence-electron chi connectivity index (χ1n) is 5.96. The molecule has 9 heteroatoms. The van der Waals surface area contributed by atoms with Crippen molar-refractivity contribution >= 4 is 32.7 Å². The van der Waals surface area contributed by atoms with Crippen LogP contribution in [0, 0.1) is 5.92 Å². The predicted octanol–water partition coefficient (Wildman–Crippen LogP) is 2.72. The van der Waals surface area contributed by atoms with E-state index >= 15 is 0 Å². The molecule has 112 valence electrons. The normalized spacial score (nSPS) is 16.0. The van der Waals surface area contributed by atoms with Crippen molar-refractivity contribution in [2.45, 2.75) is 6.36 Å². The number of alkyl halides is 3. The summed E-state index contributed by atoms with van der Waals surface area (Å²) >= 11 is 1.21. The monoisotopic (exact) mass is 318 g/mol. The summed E-state index contributed by atoms with van der Waals surface area (Å²) in [5.41, 5.74) is 0.559. The molecular weight excluding hydrogens is 309 g/mol. The molecule has 1 aliphatic rings. The maximum atomic E-state index is 12.2. The molecule has 1 aromatic heterocycles. The van der Waals surface area contributed by atoms with Crippen LogP contribution in [0.4, 0.5) is 18.3 Å². The number of hydrogen-bond acceptors (Lipinski definition) is 5. The summed E-state index contributed by atoms with van der Waals surface area (Å²) in [6.07, 6.45) is -4.73. The zero-order valence-electron chi connectivity index (χ0n) is 10.4. The lowest BCUT2D eigenvalue weighted by Crippen LogP contribution is -2.50. The van der Waals surface area contributed by atoms with Gasteiger partial charge in [-0.3, -0.25) is 4.79 Å². The number of aliphatic carboxylic acids is 1. The van der Waals surface area contributed by atoms with Crippen molar-refractivity contribution in [3.05, 3.63) is 18.2 Å². The van der Waals surface area contributed by atoms with Crippen molar-refractivity contribution in [2.24, 2.45) is 5.92 Å². The van der Waals surface area contributed by atoms with Crippen LogP contribution in [-0.4, -0.2) is 35.5 Å². The summed E-state index contributed by atoms with van der Waals surface area (Å²) in [4.78, 5) is 16.8. The van der Waals surface area contributed by atoms with Crippen LogP contribution in [-0.2, 0) is 4.79 Å². The molecule has 1 N–H and O–H groups in total. The molecule has 21 heavy (non-hydrogen) atoms. The first-order valence-corrected chi connectivity index (χ1v) is 6.77. The van der Waals surface area contributed by atoms with Crippen molar-refractivity contribution in [1.82, 2.24) is 4.98 Å². The molecule has 2 aromatic rings. The van der Waals surface area contributed by atoms with Crippen molar-refractivity contribution < 1.29 is 27.8 Å². The van der Waals surface area contributed by atoms with Gasteiger partial charge in [-0.25, -0.2) is 4.98 Å². The second-order valence-corrected chi connectivity index (χ2v) is 5.62. The first kappa shape index (κ1) is 13.9. The summed E-state index contributed by atoms with van der Waals surface area (Å²) in [5, 5.41) is 9.42.